The molecule has 0 spiro atoms. The number of rotatable bonds is 6. The van der Waals surface area contributed by atoms with Crippen LogP contribution in [0.5, 0.6) is 0 Å². The number of nitrogens with zero attached hydrogens (tertiary/aromatic N) is 3. The molecule has 2 aromatic heterocycles. The van der Waals surface area contributed by atoms with Crippen LogP contribution in [-0.4, -0.2) is 33.0 Å². The number of nitrogen functional groups attached to an aromatic ring is 1. The summed E-state index contributed by atoms with van der Waals surface area (Å²) in [6, 6.07) is 18.4. The number of nitrogens with two attached hydrogens (primary N) is 1. The van der Waals surface area contributed by atoms with E-state index < -0.39 is 0 Å². The van der Waals surface area contributed by atoms with Crippen LogP contribution < -0.4 is 16.6 Å². The molecule has 0 aliphatic heterocycles. The van der Waals surface area contributed by atoms with Gasteiger partial charge in [-0.2, -0.15) is 9.78 Å². The number of benzene rings is 3. The van der Waals surface area contributed by atoms with Crippen molar-refractivity contribution < 1.29 is 9.52 Å². The van der Waals surface area contributed by atoms with Gasteiger partial charge in [0.15, 0.2) is 12.2 Å². The first-order chi connectivity index (χ1) is 16.5. The first-order valence-electron chi connectivity index (χ1n) is 10.5. The molecule has 34 heavy (non-hydrogen) atoms. The predicted octanol–water partition coefficient (Wildman–Crippen LogP) is 4.46. The molecule has 0 aliphatic rings. The SMILES string of the molecule is Nc1ccc(NCCO)cc1-n1nc(-c2cc(Br)cc(-c3cnco3)c2)c2ccccc2c1=O. The largest absolute Gasteiger partial charge is 0.444 e. The van der Waals surface area contributed by atoms with Crippen LogP contribution in [0.4, 0.5) is 11.4 Å². The minimum Gasteiger partial charge on any atom is -0.444 e. The Labute approximate surface area is 202 Å². The summed E-state index contributed by atoms with van der Waals surface area (Å²) in [5, 5.41) is 18.2. The smallest absolute Gasteiger partial charge is 0.279 e. The molecule has 9 heteroatoms. The molecule has 170 valence electrons. The normalized spacial score (nSPS) is 11.1. The van der Waals surface area contributed by atoms with Gasteiger partial charge in [0, 0.05) is 33.2 Å². The maximum Gasteiger partial charge on any atom is 0.279 e. The molecule has 5 rings (SSSR count). The van der Waals surface area contributed by atoms with Gasteiger partial charge in [-0.25, -0.2) is 4.98 Å². The first-order valence-corrected chi connectivity index (χ1v) is 11.3. The van der Waals surface area contributed by atoms with Crippen LogP contribution in [-0.2, 0) is 0 Å². The maximum atomic E-state index is 13.5. The topological polar surface area (TPSA) is 119 Å². The lowest BCUT2D eigenvalue weighted by atomic mass is 10.0. The van der Waals surface area contributed by atoms with Crippen molar-refractivity contribution in [2.45, 2.75) is 0 Å². The van der Waals surface area contributed by atoms with E-state index >= 15 is 0 Å². The zero-order valence-electron chi connectivity index (χ0n) is 17.9. The van der Waals surface area contributed by atoms with E-state index in [1.807, 2.05) is 36.4 Å². The third kappa shape index (κ3) is 4.07. The van der Waals surface area contributed by atoms with Gasteiger partial charge in [0.25, 0.3) is 5.56 Å². The second kappa shape index (κ2) is 9.12. The van der Waals surface area contributed by atoms with Crippen LogP contribution >= 0.6 is 15.9 Å². The highest BCUT2D eigenvalue weighted by atomic mass is 79.9. The Hall–Kier alpha value is -3.95. The summed E-state index contributed by atoms with van der Waals surface area (Å²) < 4.78 is 7.63. The van der Waals surface area contributed by atoms with Gasteiger partial charge in [0.05, 0.1) is 35.3 Å². The van der Waals surface area contributed by atoms with Gasteiger partial charge < -0.3 is 20.6 Å². The molecule has 3 aromatic carbocycles. The van der Waals surface area contributed by atoms with Crippen molar-refractivity contribution in [2.75, 3.05) is 24.2 Å². The van der Waals surface area contributed by atoms with Gasteiger partial charge in [-0.05, 0) is 42.5 Å². The van der Waals surface area contributed by atoms with Crippen molar-refractivity contribution in [1.29, 1.82) is 0 Å². The van der Waals surface area contributed by atoms with Gasteiger partial charge in [-0.1, -0.05) is 34.1 Å². The molecular weight excluding hydrogens is 498 g/mol. The Morgan fingerprint density at radius 1 is 1.06 bits per heavy atom. The lowest BCUT2D eigenvalue weighted by Crippen LogP contribution is -2.23. The third-order valence-electron chi connectivity index (χ3n) is 5.39. The number of aliphatic hydroxyl groups is 1. The molecule has 0 bridgehead atoms. The average molecular weight is 518 g/mol. The summed E-state index contributed by atoms with van der Waals surface area (Å²) in [5.41, 5.74) is 9.78. The van der Waals surface area contributed by atoms with E-state index in [1.165, 1.54) is 11.1 Å². The first kappa shape index (κ1) is 21.9. The van der Waals surface area contributed by atoms with Crippen LogP contribution in [0, 0.1) is 0 Å². The van der Waals surface area contributed by atoms with E-state index in [4.69, 9.17) is 20.4 Å². The fourth-order valence-corrected chi connectivity index (χ4v) is 4.32. The molecule has 0 saturated carbocycles. The maximum absolute atomic E-state index is 13.5. The van der Waals surface area contributed by atoms with Crippen molar-refractivity contribution in [3.8, 4) is 28.3 Å². The van der Waals surface area contributed by atoms with Crippen LogP contribution in [0.1, 0.15) is 0 Å². The molecule has 4 N–H and O–H groups in total. The van der Waals surface area contributed by atoms with Crippen LogP contribution in [0.25, 0.3) is 39.0 Å². The van der Waals surface area contributed by atoms with E-state index in [0.717, 1.165) is 26.7 Å². The van der Waals surface area contributed by atoms with Gasteiger partial charge in [0.1, 0.15) is 0 Å². The Balaban J connectivity index is 1.76. The minimum absolute atomic E-state index is 0.0194. The molecule has 0 unspecified atom stereocenters. The molecule has 0 radical (unpaired) electrons. The highest BCUT2D eigenvalue weighted by Crippen LogP contribution is 2.33. The minimum atomic E-state index is -0.282. The molecule has 5 aromatic rings. The Morgan fingerprint density at radius 2 is 1.85 bits per heavy atom. The molecule has 8 nitrogen and oxygen atoms in total. The molecule has 2 heterocycles. The van der Waals surface area contributed by atoms with E-state index in [9.17, 15) is 4.79 Å². The molecule has 0 aliphatic carbocycles. The summed E-state index contributed by atoms with van der Waals surface area (Å²) in [6.07, 6.45) is 3.02. The standard InChI is InChI=1S/C25H20BrN5O3/c26-17-10-15(23-13-28-14-34-23)9-16(11-17)24-19-3-1-2-4-20(19)25(33)31(30-24)22-12-18(29-7-8-32)5-6-21(22)27/h1-6,9-14,29,32H,7-8,27H2. The fourth-order valence-electron chi connectivity index (χ4n) is 3.83. The quantitative estimate of drug-likeness (QED) is 0.284. The Morgan fingerprint density at radius 3 is 2.62 bits per heavy atom. The Kier molecular flexibility index (Phi) is 5.87. The molecule has 0 atom stereocenters. The lowest BCUT2D eigenvalue weighted by Gasteiger charge is -2.15. The summed E-state index contributed by atoms with van der Waals surface area (Å²) in [4.78, 5) is 17.5. The number of oxazole rings is 1. The van der Waals surface area contributed by atoms with E-state index in [-0.39, 0.29) is 12.2 Å². The number of nitrogens with one attached hydrogen (secondary N) is 1. The second-order valence-corrected chi connectivity index (χ2v) is 8.55. The van der Waals surface area contributed by atoms with Crippen molar-refractivity contribution in [2.24, 2.45) is 0 Å². The van der Waals surface area contributed by atoms with E-state index in [0.29, 0.717) is 34.8 Å². The van der Waals surface area contributed by atoms with Gasteiger partial charge in [0.2, 0.25) is 0 Å². The predicted molar refractivity (Wildman–Crippen MR) is 136 cm³/mol. The summed E-state index contributed by atoms with van der Waals surface area (Å²) >= 11 is 3.58. The number of hydrogen-bond donors (Lipinski definition) is 3. The molecular formula is C25H20BrN5O3. The Bertz CT molecular complexity index is 1550. The van der Waals surface area contributed by atoms with Crippen molar-refractivity contribution in [3.63, 3.8) is 0 Å². The zero-order valence-corrected chi connectivity index (χ0v) is 19.5. The number of fused-ring (bicyclic) bond motifs is 1. The highest BCUT2D eigenvalue weighted by Gasteiger charge is 2.17. The number of hydrogen-bond acceptors (Lipinski definition) is 7. The van der Waals surface area contributed by atoms with Crippen LogP contribution in [0.15, 0.2) is 86.9 Å². The van der Waals surface area contributed by atoms with Crippen molar-refractivity contribution >= 4 is 38.1 Å². The summed E-state index contributed by atoms with van der Waals surface area (Å²) in [6.45, 7) is 0.353. The van der Waals surface area contributed by atoms with E-state index in [1.54, 1.807) is 30.5 Å². The summed E-state index contributed by atoms with van der Waals surface area (Å²) in [5.74, 6) is 0.618. The van der Waals surface area contributed by atoms with Crippen LogP contribution in [0.2, 0.25) is 0 Å². The van der Waals surface area contributed by atoms with Crippen molar-refractivity contribution in [3.05, 3.63) is 88.1 Å². The average Bonchev–Trinajstić information content (AvgIpc) is 3.39. The van der Waals surface area contributed by atoms with Crippen LogP contribution in [0.3, 0.4) is 0 Å². The van der Waals surface area contributed by atoms with E-state index in [2.05, 4.69) is 26.2 Å². The molecule has 0 amide bonds. The second-order valence-electron chi connectivity index (χ2n) is 7.63. The number of halogens is 1. The monoisotopic (exact) mass is 517 g/mol. The zero-order chi connectivity index (χ0) is 23.7. The van der Waals surface area contributed by atoms with Gasteiger partial charge in [-0.3, -0.25) is 4.79 Å². The fraction of sp³-hybridized carbons (Fsp3) is 0.0800. The molecule has 0 fully saturated rings. The van der Waals surface area contributed by atoms with Crippen molar-refractivity contribution in [1.82, 2.24) is 14.8 Å². The third-order valence-corrected chi connectivity index (χ3v) is 5.85. The van der Waals surface area contributed by atoms with Gasteiger partial charge >= 0.3 is 0 Å². The number of aromatic nitrogens is 3. The summed E-state index contributed by atoms with van der Waals surface area (Å²) in [7, 11) is 0. The lowest BCUT2D eigenvalue weighted by molar-refractivity contribution is 0.311. The molecule has 0 saturated heterocycles. The number of anilines is 2. The van der Waals surface area contributed by atoms with Gasteiger partial charge in [-0.15, -0.1) is 0 Å². The highest BCUT2D eigenvalue weighted by molar-refractivity contribution is 9.10. The number of aliphatic hydroxyl groups excluding tert-OH is 1.